The van der Waals surface area contributed by atoms with Crippen LogP contribution >= 0.6 is 0 Å². The first-order chi connectivity index (χ1) is 14.0. The third-order valence-corrected chi connectivity index (χ3v) is 7.29. The maximum atomic E-state index is 12.9. The number of carbonyl (C=O) groups excluding carboxylic acids is 1. The fourth-order valence-corrected chi connectivity index (χ4v) is 5.36. The van der Waals surface area contributed by atoms with Gasteiger partial charge >= 0.3 is 0 Å². The molecule has 3 aliphatic rings. The smallest absolute Gasteiger partial charge is 0.253 e. The van der Waals surface area contributed by atoms with E-state index >= 15 is 0 Å². The van der Waals surface area contributed by atoms with Gasteiger partial charge in [-0.2, -0.15) is 0 Å². The normalized spacial score (nSPS) is 26.2. The Kier molecular flexibility index (Phi) is 6.28. The van der Waals surface area contributed by atoms with Crippen molar-refractivity contribution in [3.8, 4) is 0 Å². The highest BCUT2D eigenvalue weighted by molar-refractivity contribution is 5.94. The maximum absolute atomic E-state index is 12.9. The number of hydrogen-bond donors (Lipinski definition) is 0. The first-order valence-corrected chi connectivity index (χ1v) is 11.4. The van der Waals surface area contributed by atoms with E-state index < -0.39 is 0 Å². The van der Waals surface area contributed by atoms with Gasteiger partial charge < -0.3 is 9.64 Å². The molecule has 0 saturated carbocycles. The van der Waals surface area contributed by atoms with Gasteiger partial charge in [0, 0.05) is 63.5 Å². The van der Waals surface area contributed by atoms with Gasteiger partial charge in [-0.05, 0) is 58.6 Å². The lowest BCUT2D eigenvalue weighted by Crippen LogP contribution is -2.58. The number of nitrogens with zero attached hydrogens (tertiary/aromatic N) is 3. The van der Waals surface area contributed by atoms with E-state index in [1.165, 1.54) is 26.2 Å². The SMILES string of the molecule is Cc1cccc(C(=O)N2CCC3(CC2)C[C@@H](N2CCN(C(C)C)CC2)CCO3)c1. The molecule has 3 saturated heterocycles. The summed E-state index contributed by atoms with van der Waals surface area (Å²) >= 11 is 0. The fourth-order valence-electron chi connectivity index (χ4n) is 5.36. The zero-order chi connectivity index (χ0) is 20.4. The summed E-state index contributed by atoms with van der Waals surface area (Å²) in [5, 5.41) is 0. The molecular weight excluding hydrogens is 362 g/mol. The van der Waals surface area contributed by atoms with Crippen molar-refractivity contribution in [1.29, 1.82) is 0 Å². The topological polar surface area (TPSA) is 36.0 Å². The van der Waals surface area contributed by atoms with E-state index in [4.69, 9.17) is 4.74 Å². The number of aryl methyl sites for hydroxylation is 1. The molecule has 0 aromatic heterocycles. The molecule has 3 heterocycles. The Morgan fingerprint density at radius 3 is 2.48 bits per heavy atom. The van der Waals surface area contributed by atoms with Crippen LogP contribution in [0.2, 0.25) is 0 Å². The summed E-state index contributed by atoms with van der Waals surface area (Å²) in [6.45, 7) is 13.8. The molecule has 0 unspecified atom stereocenters. The zero-order valence-corrected chi connectivity index (χ0v) is 18.4. The molecule has 0 radical (unpaired) electrons. The molecule has 0 N–H and O–H groups in total. The molecule has 1 spiro atoms. The van der Waals surface area contributed by atoms with Gasteiger partial charge in [0.15, 0.2) is 0 Å². The van der Waals surface area contributed by atoms with E-state index in [-0.39, 0.29) is 11.5 Å². The van der Waals surface area contributed by atoms with E-state index in [1.54, 1.807) is 0 Å². The number of piperazine rings is 1. The average molecular weight is 400 g/mol. The molecule has 1 amide bonds. The summed E-state index contributed by atoms with van der Waals surface area (Å²) in [4.78, 5) is 20.2. The van der Waals surface area contributed by atoms with E-state index in [9.17, 15) is 4.79 Å². The molecular formula is C24H37N3O2. The van der Waals surface area contributed by atoms with Crippen molar-refractivity contribution in [3.05, 3.63) is 35.4 Å². The van der Waals surface area contributed by atoms with Gasteiger partial charge in [0.2, 0.25) is 0 Å². The number of piperidine rings is 1. The second-order valence-electron chi connectivity index (χ2n) is 9.51. The molecule has 0 aliphatic carbocycles. The molecule has 5 nitrogen and oxygen atoms in total. The highest BCUT2D eigenvalue weighted by atomic mass is 16.5. The predicted octanol–water partition coefficient (Wildman–Crippen LogP) is 3.17. The van der Waals surface area contributed by atoms with Crippen molar-refractivity contribution in [2.45, 2.75) is 64.1 Å². The van der Waals surface area contributed by atoms with E-state index in [0.29, 0.717) is 12.1 Å². The molecule has 3 fully saturated rings. The maximum Gasteiger partial charge on any atom is 0.253 e. The highest BCUT2D eigenvalue weighted by Gasteiger charge is 2.43. The first-order valence-electron chi connectivity index (χ1n) is 11.4. The summed E-state index contributed by atoms with van der Waals surface area (Å²) in [7, 11) is 0. The molecule has 4 rings (SSSR count). The van der Waals surface area contributed by atoms with Gasteiger partial charge in [-0.15, -0.1) is 0 Å². The van der Waals surface area contributed by atoms with Gasteiger partial charge in [-0.3, -0.25) is 14.6 Å². The minimum Gasteiger partial charge on any atom is -0.375 e. The molecule has 1 aromatic rings. The largest absolute Gasteiger partial charge is 0.375 e. The second kappa shape index (κ2) is 8.75. The summed E-state index contributed by atoms with van der Waals surface area (Å²) in [6, 6.07) is 9.23. The molecule has 160 valence electrons. The van der Waals surface area contributed by atoms with Crippen LogP contribution < -0.4 is 0 Å². The summed E-state index contributed by atoms with van der Waals surface area (Å²) in [5.41, 5.74) is 1.92. The van der Waals surface area contributed by atoms with Crippen LogP contribution in [-0.4, -0.2) is 84.2 Å². The van der Waals surface area contributed by atoms with Crippen molar-refractivity contribution in [3.63, 3.8) is 0 Å². The highest BCUT2D eigenvalue weighted by Crippen LogP contribution is 2.37. The second-order valence-corrected chi connectivity index (χ2v) is 9.51. The van der Waals surface area contributed by atoms with Crippen LogP contribution in [0.5, 0.6) is 0 Å². The number of ether oxygens (including phenoxy) is 1. The van der Waals surface area contributed by atoms with Crippen molar-refractivity contribution in [2.24, 2.45) is 0 Å². The Hall–Kier alpha value is -1.43. The number of hydrogen-bond acceptors (Lipinski definition) is 4. The van der Waals surface area contributed by atoms with Crippen LogP contribution in [0.15, 0.2) is 24.3 Å². The number of rotatable bonds is 3. The minimum absolute atomic E-state index is 0.0263. The third-order valence-electron chi connectivity index (χ3n) is 7.29. The Morgan fingerprint density at radius 1 is 1.10 bits per heavy atom. The minimum atomic E-state index is -0.0263. The van der Waals surface area contributed by atoms with Crippen LogP contribution in [0.1, 0.15) is 55.5 Å². The molecule has 5 heteroatoms. The van der Waals surface area contributed by atoms with Crippen LogP contribution in [-0.2, 0) is 4.74 Å². The fraction of sp³-hybridized carbons (Fsp3) is 0.708. The third kappa shape index (κ3) is 4.68. The van der Waals surface area contributed by atoms with Crippen molar-refractivity contribution >= 4 is 5.91 Å². The lowest BCUT2D eigenvalue weighted by molar-refractivity contribution is -0.132. The van der Waals surface area contributed by atoms with E-state index in [1.807, 2.05) is 36.1 Å². The Balaban J connectivity index is 1.33. The predicted molar refractivity (Wildman–Crippen MR) is 116 cm³/mol. The summed E-state index contributed by atoms with van der Waals surface area (Å²) in [5.74, 6) is 0.167. The van der Waals surface area contributed by atoms with Crippen molar-refractivity contribution < 1.29 is 9.53 Å². The monoisotopic (exact) mass is 399 g/mol. The van der Waals surface area contributed by atoms with Gasteiger partial charge in [0.05, 0.1) is 5.60 Å². The summed E-state index contributed by atoms with van der Waals surface area (Å²) in [6.07, 6.45) is 4.20. The lowest BCUT2D eigenvalue weighted by atomic mass is 9.81. The van der Waals surface area contributed by atoms with Gasteiger partial charge in [-0.25, -0.2) is 0 Å². The van der Waals surface area contributed by atoms with Crippen LogP contribution in [0.25, 0.3) is 0 Å². The molecule has 29 heavy (non-hydrogen) atoms. The molecule has 0 bridgehead atoms. The average Bonchev–Trinajstić information content (AvgIpc) is 2.74. The molecule has 1 aromatic carbocycles. The van der Waals surface area contributed by atoms with Crippen molar-refractivity contribution in [1.82, 2.24) is 14.7 Å². The number of carbonyl (C=O) groups is 1. The number of benzene rings is 1. The van der Waals surface area contributed by atoms with Crippen LogP contribution in [0, 0.1) is 6.92 Å². The molecule has 1 atom stereocenters. The summed E-state index contributed by atoms with van der Waals surface area (Å²) < 4.78 is 6.36. The van der Waals surface area contributed by atoms with E-state index in [0.717, 1.165) is 56.5 Å². The molecule has 3 aliphatic heterocycles. The first kappa shape index (κ1) is 20.8. The Bertz CT molecular complexity index is 704. The van der Waals surface area contributed by atoms with Gasteiger partial charge in [0.1, 0.15) is 0 Å². The quantitative estimate of drug-likeness (QED) is 0.782. The Morgan fingerprint density at radius 2 is 1.83 bits per heavy atom. The lowest BCUT2D eigenvalue weighted by Gasteiger charge is -2.50. The van der Waals surface area contributed by atoms with Crippen LogP contribution in [0.3, 0.4) is 0 Å². The van der Waals surface area contributed by atoms with Crippen molar-refractivity contribution in [2.75, 3.05) is 45.9 Å². The number of likely N-dealkylation sites (tertiary alicyclic amines) is 1. The standard InChI is InChI=1S/C24H37N3O2/c1-19(2)25-12-14-26(15-13-25)22-7-16-29-24(18-22)8-10-27(11-9-24)23(28)21-6-4-5-20(3)17-21/h4-6,17,19,22H,7-16,18H2,1-3H3/t22-/m0/s1. The Labute approximate surface area is 176 Å². The van der Waals surface area contributed by atoms with Gasteiger partial charge in [0.25, 0.3) is 5.91 Å². The zero-order valence-electron chi connectivity index (χ0n) is 18.4. The number of amides is 1. The van der Waals surface area contributed by atoms with E-state index in [2.05, 4.69) is 23.6 Å². The van der Waals surface area contributed by atoms with Gasteiger partial charge in [-0.1, -0.05) is 17.7 Å². The van der Waals surface area contributed by atoms with Crippen LogP contribution in [0.4, 0.5) is 0 Å².